The van der Waals surface area contributed by atoms with Gasteiger partial charge in [0, 0.05) is 49.9 Å². The van der Waals surface area contributed by atoms with Crippen LogP contribution in [0.3, 0.4) is 0 Å². The van der Waals surface area contributed by atoms with Crippen molar-refractivity contribution < 1.29 is 14.3 Å². The van der Waals surface area contributed by atoms with Gasteiger partial charge in [-0.3, -0.25) is 19.5 Å². The molecule has 11 heteroatoms. The molecule has 3 heterocycles. The summed E-state index contributed by atoms with van der Waals surface area (Å²) in [5, 5.41) is 11.1. The van der Waals surface area contributed by atoms with Crippen molar-refractivity contribution in [1.29, 1.82) is 0 Å². The molecule has 0 spiro atoms. The Morgan fingerprint density at radius 3 is 2.25 bits per heavy atom. The summed E-state index contributed by atoms with van der Waals surface area (Å²) in [6, 6.07) is 19.4. The van der Waals surface area contributed by atoms with Crippen LogP contribution in [0.25, 0.3) is 21.9 Å². The third-order valence-electron chi connectivity index (χ3n) is 9.77. The number of morpholine rings is 1. The quantitative estimate of drug-likeness (QED) is 0.147. The zero-order chi connectivity index (χ0) is 35.7. The summed E-state index contributed by atoms with van der Waals surface area (Å²) in [4.78, 5) is 48.1. The van der Waals surface area contributed by atoms with Crippen molar-refractivity contribution in [2.45, 2.75) is 45.6 Å². The summed E-state index contributed by atoms with van der Waals surface area (Å²) in [6.45, 7) is 11.8. The maximum Gasteiger partial charge on any atom is 0.323 e. The molecule has 0 atom stereocenters. The van der Waals surface area contributed by atoms with Crippen molar-refractivity contribution in [3.8, 4) is 16.9 Å². The Morgan fingerprint density at radius 1 is 0.863 bits per heavy atom. The average Bonchev–Trinajstić information content (AvgIpc) is 3.66. The molecule has 3 N–H and O–H groups in total. The molecule has 2 saturated heterocycles. The predicted octanol–water partition coefficient (Wildman–Crippen LogP) is 6.62. The molecule has 0 radical (unpaired) electrons. The van der Waals surface area contributed by atoms with Crippen LogP contribution in [0.4, 0.5) is 33.2 Å². The van der Waals surface area contributed by atoms with Gasteiger partial charge in [0.25, 0.3) is 10.9 Å². The lowest BCUT2D eigenvalue weighted by atomic mass is 9.86. The highest BCUT2D eigenvalue weighted by atomic mass is 16.5. The molecule has 0 saturated carbocycles. The Labute approximate surface area is 297 Å². The van der Waals surface area contributed by atoms with Crippen LogP contribution in [0.15, 0.2) is 76.4 Å². The second-order valence-electron chi connectivity index (χ2n) is 14.3. The summed E-state index contributed by atoms with van der Waals surface area (Å²) in [5.74, 6) is 0.350. The van der Waals surface area contributed by atoms with Gasteiger partial charge < -0.3 is 30.3 Å². The number of anilines is 5. The lowest BCUT2D eigenvalue weighted by Gasteiger charge is -2.26. The van der Waals surface area contributed by atoms with Crippen LogP contribution in [0.2, 0.25) is 0 Å². The van der Waals surface area contributed by atoms with Crippen molar-refractivity contribution in [3.05, 3.63) is 98.6 Å². The number of nitrogens with zero attached hydrogens (tertiary/aromatic N) is 3. The minimum Gasteiger partial charge on any atom is -0.492 e. The molecule has 2 amide bonds. The van der Waals surface area contributed by atoms with E-state index in [4.69, 9.17) is 14.5 Å². The van der Waals surface area contributed by atoms with Crippen LogP contribution < -0.4 is 36.4 Å². The lowest BCUT2D eigenvalue weighted by Crippen LogP contribution is -2.41. The van der Waals surface area contributed by atoms with E-state index in [9.17, 15) is 14.4 Å². The van der Waals surface area contributed by atoms with Gasteiger partial charge in [-0.25, -0.2) is 4.79 Å². The maximum absolute atomic E-state index is 13.7. The fraction of sp³-hybridized carbons (Fsp3) is 0.350. The molecule has 2 aliphatic heterocycles. The highest BCUT2D eigenvalue weighted by Crippen LogP contribution is 2.41. The number of rotatable bonds is 9. The molecular formula is C40H44N6O5. The molecule has 1 aromatic heterocycles. The van der Waals surface area contributed by atoms with Crippen molar-refractivity contribution in [2.24, 2.45) is 0 Å². The van der Waals surface area contributed by atoms with E-state index in [-0.39, 0.29) is 11.1 Å². The number of nitrogens with one attached hydrogen (secondary N) is 3. The first-order chi connectivity index (χ1) is 24.6. The number of amides is 2. The van der Waals surface area contributed by atoms with E-state index in [1.54, 1.807) is 0 Å². The smallest absolute Gasteiger partial charge is 0.323 e. The van der Waals surface area contributed by atoms with Crippen LogP contribution >= 0.6 is 0 Å². The summed E-state index contributed by atoms with van der Waals surface area (Å²) < 4.78 is 11.3. The molecule has 7 rings (SSSR count). The average molecular weight is 689 g/mol. The van der Waals surface area contributed by atoms with E-state index in [2.05, 4.69) is 53.8 Å². The van der Waals surface area contributed by atoms with E-state index < -0.39 is 16.9 Å². The predicted molar refractivity (Wildman–Crippen MR) is 204 cm³/mol. The zero-order valence-corrected chi connectivity index (χ0v) is 29.6. The number of urea groups is 1. The number of methoxy groups -OCH3 is 1. The number of pyridine rings is 1. The summed E-state index contributed by atoms with van der Waals surface area (Å²) in [5.41, 5.74) is 4.84. The molecule has 51 heavy (non-hydrogen) atoms. The van der Waals surface area contributed by atoms with Gasteiger partial charge in [-0.15, -0.1) is 0 Å². The fourth-order valence-electron chi connectivity index (χ4n) is 6.94. The molecule has 0 aliphatic carbocycles. The highest BCUT2D eigenvalue weighted by Gasteiger charge is 2.30. The maximum atomic E-state index is 13.7. The van der Waals surface area contributed by atoms with Gasteiger partial charge in [0.2, 0.25) is 0 Å². The zero-order valence-electron chi connectivity index (χ0n) is 29.6. The van der Waals surface area contributed by atoms with Crippen molar-refractivity contribution >= 4 is 45.2 Å². The second-order valence-corrected chi connectivity index (χ2v) is 14.3. The molecule has 0 unspecified atom stereocenters. The van der Waals surface area contributed by atoms with Gasteiger partial charge in [0.1, 0.15) is 11.4 Å². The Bertz CT molecular complexity index is 2140. The van der Waals surface area contributed by atoms with E-state index in [0.29, 0.717) is 28.5 Å². The topological polar surface area (TPSA) is 125 Å². The van der Waals surface area contributed by atoms with Gasteiger partial charge in [0.05, 0.1) is 43.1 Å². The first-order valence-corrected chi connectivity index (χ1v) is 17.5. The Hall–Kier alpha value is -5.26. The molecule has 264 valence electrons. The molecule has 5 aromatic rings. The number of carbonyl (C=O) groups excluding carboxylic acids is 1. The van der Waals surface area contributed by atoms with Crippen LogP contribution in [-0.4, -0.2) is 62.4 Å². The SMILES string of the molecule is COc1c(NC(=O)Nc2ccc(-c3ccc(CN4CCOCC4)nc3)c3ccccc23)cc(C(C)(C)C)cc1Nc1c(N2CCCC2)c(=O)c1=O. The van der Waals surface area contributed by atoms with Crippen molar-refractivity contribution in [3.63, 3.8) is 0 Å². The molecule has 11 nitrogen and oxygen atoms in total. The number of hydrogen-bond acceptors (Lipinski definition) is 9. The Kier molecular flexibility index (Phi) is 9.50. The third-order valence-corrected chi connectivity index (χ3v) is 9.77. The minimum absolute atomic E-state index is 0.259. The number of carbonyl (C=O) groups is 1. The first-order valence-electron chi connectivity index (χ1n) is 17.5. The normalized spacial score (nSPS) is 15.3. The molecule has 2 fully saturated rings. The van der Waals surface area contributed by atoms with E-state index >= 15 is 0 Å². The summed E-state index contributed by atoms with van der Waals surface area (Å²) in [7, 11) is 1.51. The summed E-state index contributed by atoms with van der Waals surface area (Å²) >= 11 is 0. The molecule has 2 aliphatic rings. The molecular weight excluding hydrogens is 644 g/mol. The molecule has 0 bridgehead atoms. The largest absolute Gasteiger partial charge is 0.492 e. The standard InChI is InChI=1S/C40H44N6O5/c1-40(2,3)26-21-32(42-34-35(37(48)36(34)47)46-15-7-8-16-46)38(50-4)33(22-26)44-39(49)43-31-14-13-28(29-9-5-6-10-30(29)31)25-11-12-27(41-23-25)24-45-17-19-51-20-18-45/h5-6,9-14,21-23,42H,7-8,15-20,24H2,1-4H3,(H2,43,44,49). The lowest BCUT2D eigenvalue weighted by molar-refractivity contribution is 0.0336. The van der Waals surface area contributed by atoms with Crippen LogP contribution in [0, 0.1) is 0 Å². The number of benzene rings is 3. The second kappa shape index (κ2) is 14.2. The van der Waals surface area contributed by atoms with Crippen molar-refractivity contribution in [1.82, 2.24) is 9.88 Å². The van der Waals surface area contributed by atoms with Gasteiger partial charge in [0.15, 0.2) is 5.75 Å². The van der Waals surface area contributed by atoms with E-state index in [0.717, 1.165) is 91.9 Å². The highest BCUT2D eigenvalue weighted by molar-refractivity contribution is 6.10. The van der Waals surface area contributed by atoms with Gasteiger partial charge in [-0.05, 0) is 59.0 Å². The number of ether oxygens (including phenoxy) is 2. The van der Waals surface area contributed by atoms with Crippen molar-refractivity contribution in [2.75, 3.05) is 67.4 Å². The number of fused-ring (bicyclic) bond motifs is 1. The number of aromatic nitrogens is 1. The fourth-order valence-corrected chi connectivity index (χ4v) is 6.94. The van der Waals surface area contributed by atoms with Gasteiger partial charge in [-0.1, -0.05) is 57.2 Å². The van der Waals surface area contributed by atoms with E-state index in [1.807, 2.05) is 59.6 Å². The molecule has 4 aromatic carbocycles. The van der Waals surface area contributed by atoms with Gasteiger partial charge >= 0.3 is 6.03 Å². The Morgan fingerprint density at radius 2 is 1.57 bits per heavy atom. The first kappa shape index (κ1) is 34.2. The third kappa shape index (κ3) is 7.04. The van der Waals surface area contributed by atoms with Gasteiger partial charge in [-0.2, -0.15) is 0 Å². The van der Waals surface area contributed by atoms with Crippen LogP contribution in [-0.2, 0) is 16.7 Å². The minimum atomic E-state index is -0.553. The summed E-state index contributed by atoms with van der Waals surface area (Å²) in [6.07, 6.45) is 3.86. The van der Waals surface area contributed by atoms with E-state index in [1.165, 1.54) is 7.11 Å². The Balaban J connectivity index is 1.14. The number of hydrogen-bond donors (Lipinski definition) is 3. The van der Waals surface area contributed by atoms with Crippen LogP contribution in [0.5, 0.6) is 5.75 Å². The van der Waals surface area contributed by atoms with Crippen LogP contribution in [0.1, 0.15) is 44.9 Å². The monoisotopic (exact) mass is 688 g/mol.